The van der Waals surface area contributed by atoms with Gasteiger partial charge in [0.1, 0.15) is 11.5 Å². The molecule has 0 spiro atoms. The largest absolute Gasteiger partial charge is 0.481 e. The van der Waals surface area contributed by atoms with Gasteiger partial charge in [0.25, 0.3) is 5.91 Å². The Morgan fingerprint density at radius 2 is 1.96 bits per heavy atom. The van der Waals surface area contributed by atoms with E-state index < -0.39 is 40.3 Å². The van der Waals surface area contributed by atoms with E-state index in [2.05, 4.69) is 11.2 Å². The molecular weight excluding hydrogens is 296 g/mol. The van der Waals surface area contributed by atoms with Gasteiger partial charge >= 0.3 is 12.0 Å². The summed E-state index contributed by atoms with van der Waals surface area (Å²) in [7, 11) is 0. The fraction of sp³-hybridized carbons (Fsp3) is 0.588. The summed E-state index contributed by atoms with van der Waals surface area (Å²) in [4.78, 5) is 38.1. The van der Waals surface area contributed by atoms with E-state index in [4.69, 9.17) is 6.42 Å². The van der Waals surface area contributed by atoms with Crippen LogP contribution in [0.2, 0.25) is 0 Å². The number of imide groups is 1. The first-order valence-corrected chi connectivity index (χ1v) is 7.46. The fourth-order valence-electron chi connectivity index (χ4n) is 3.97. The minimum absolute atomic E-state index is 0.0796. The number of hydrogen-bond donors (Lipinski definition) is 2. The maximum absolute atomic E-state index is 12.7. The zero-order valence-electron chi connectivity index (χ0n) is 14.1. The molecule has 0 aromatic carbocycles. The lowest BCUT2D eigenvalue weighted by Gasteiger charge is -2.28. The summed E-state index contributed by atoms with van der Waals surface area (Å²) in [6.45, 7) is 8.72. The van der Waals surface area contributed by atoms with Crippen LogP contribution in [-0.2, 0) is 9.59 Å². The molecule has 1 saturated heterocycles. The number of hydrogen-bond acceptors (Lipinski definition) is 3. The van der Waals surface area contributed by atoms with Crippen LogP contribution >= 0.6 is 0 Å². The van der Waals surface area contributed by atoms with Gasteiger partial charge in [-0.05, 0) is 20.8 Å². The molecule has 1 unspecified atom stereocenters. The van der Waals surface area contributed by atoms with Gasteiger partial charge in [0.05, 0.1) is 5.54 Å². The number of nitrogens with zero attached hydrogens (tertiary/aromatic N) is 1. The Labute approximate surface area is 135 Å². The third kappa shape index (κ3) is 1.79. The average Bonchev–Trinajstić information content (AvgIpc) is 2.65. The SMILES string of the molecule is C#CCC1NC(=O)N([C@@]2(C=C(C)C)C(C)(C)[C@@]2(C)C(=O)O)C1=O. The third-order valence-electron chi connectivity index (χ3n) is 5.52. The van der Waals surface area contributed by atoms with E-state index in [1.807, 2.05) is 13.8 Å². The number of carbonyl (C=O) groups is 3. The second kappa shape index (κ2) is 4.85. The second-order valence-corrected chi connectivity index (χ2v) is 7.13. The van der Waals surface area contributed by atoms with Crippen molar-refractivity contribution in [3.8, 4) is 12.3 Å². The Kier molecular flexibility index (Phi) is 3.60. The number of carboxylic acid groups (broad SMARTS) is 1. The van der Waals surface area contributed by atoms with Gasteiger partial charge in [-0.15, -0.1) is 12.3 Å². The zero-order valence-corrected chi connectivity index (χ0v) is 14.1. The van der Waals surface area contributed by atoms with Crippen molar-refractivity contribution in [2.45, 2.75) is 52.6 Å². The molecule has 1 aliphatic carbocycles. The number of allylic oxidation sites excluding steroid dienone is 1. The molecule has 0 aromatic heterocycles. The Morgan fingerprint density at radius 1 is 1.39 bits per heavy atom. The van der Waals surface area contributed by atoms with E-state index in [1.165, 1.54) is 0 Å². The lowest BCUT2D eigenvalue weighted by molar-refractivity contribution is -0.145. The Morgan fingerprint density at radius 3 is 2.35 bits per heavy atom. The molecule has 3 amide bonds. The van der Waals surface area contributed by atoms with Crippen LogP contribution in [0.5, 0.6) is 0 Å². The van der Waals surface area contributed by atoms with Crippen molar-refractivity contribution < 1.29 is 19.5 Å². The van der Waals surface area contributed by atoms with E-state index in [0.29, 0.717) is 0 Å². The van der Waals surface area contributed by atoms with E-state index in [-0.39, 0.29) is 6.42 Å². The highest BCUT2D eigenvalue weighted by atomic mass is 16.4. The summed E-state index contributed by atoms with van der Waals surface area (Å²) >= 11 is 0. The van der Waals surface area contributed by atoms with E-state index in [9.17, 15) is 19.5 Å². The van der Waals surface area contributed by atoms with Crippen LogP contribution in [0.15, 0.2) is 11.6 Å². The summed E-state index contributed by atoms with van der Waals surface area (Å²) in [6, 6.07) is -1.39. The van der Waals surface area contributed by atoms with Gasteiger partial charge in [0.15, 0.2) is 0 Å². The van der Waals surface area contributed by atoms with Crippen LogP contribution in [0.1, 0.15) is 41.0 Å². The maximum atomic E-state index is 12.7. The van der Waals surface area contributed by atoms with Crippen LogP contribution in [0.3, 0.4) is 0 Å². The number of carboxylic acids is 1. The third-order valence-corrected chi connectivity index (χ3v) is 5.52. The summed E-state index contributed by atoms with van der Waals surface area (Å²) in [5, 5.41) is 12.3. The van der Waals surface area contributed by atoms with Gasteiger partial charge < -0.3 is 10.4 Å². The highest BCUT2D eigenvalue weighted by molar-refractivity contribution is 6.07. The molecule has 124 valence electrons. The number of urea groups is 1. The molecule has 2 aliphatic rings. The van der Waals surface area contributed by atoms with E-state index in [1.54, 1.807) is 26.8 Å². The Bertz CT molecular complexity index is 669. The Balaban J connectivity index is 2.63. The van der Waals surface area contributed by atoms with Gasteiger partial charge in [0, 0.05) is 11.8 Å². The van der Waals surface area contributed by atoms with Crippen molar-refractivity contribution in [2.24, 2.45) is 10.8 Å². The minimum Gasteiger partial charge on any atom is -0.481 e. The van der Waals surface area contributed by atoms with Crippen molar-refractivity contribution in [1.82, 2.24) is 10.2 Å². The number of nitrogens with one attached hydrogen (secondary N) is 1. The van der Waals surface area contributed by atoms with E-state index in [0.717, 1.165) is 10.5 Å². The van der Waals surface area contributed by atoms with Crippen molar-refractivity contribution in [3.05, 3.63) is 11.6 Å². The number of carbonyl (C=O) groups excluding carboxylic acids is 2. The predicted octanol–water partition coefficient (Wildman–Crippen LogP) is 1.77. The molecule has 2 rings (SSSR count). The van der Waals surface area contributed by atoms with Crippen molar-refractivity contribution in [1.29, 1.82) is 0 Å². The standard InChI is InChI=1S/C17H22N2O4/c1-7-8-11-12(20)19(14(23)18-11)17(9-10(2)3)15(4,5)16(17,6)13(21)22/h1,9,11H,8H2,2-6H3,(H,18,23)(H,21,22)/t11?,16-,17+/m1/s1. The first kappa shape index (κ1) is 17.1. The molecule has 1 aliphatic heterocycles. The van der Waals surface area contributed by atoms with Crippen LogP contribution in [-0.4, -0.2) is 39.5 Å². The fourth-order valence-corrected chi connectivity index (χ4v) is 3.97. The summed E-state index contributed by atoms with van der Waals surface area (Å²) in [6.07, 6.45) is 7.04. The van der Waals surface area contributed by atoms with Gasteiger partial charge in [-0.2, -0.15) is 0 Å². The lowest BCUT2D eigenvalue weighted by Crippen LogP contribution is -2.47. The van der Waals surface area contributed by atoms with Gasteiger partial charge in [0.2, 0.25) is 0 Å². The first-order chi connectivity index (χ1) is 10.5. The molecule has 0 aromatic rings. The molecule has 3 atom stereocenters. The van der Waals surface area contributed by atoms with Crippen LogP contribution in [0.25, 0.3) is 0 Å². The number of rotatable bonds is 4. The molecule has 23 heavy (non-hydrogen) atoms. The van der Waals surface area contributed by atoms with Gasteiger partial charge in [-0.1, -0.05) is 25.5 Å². The summed E-state index contributed by atoms with van der Waals surface area (Å²) < 4.78 is 0. The minimum atomic E-state index is -1.27. The van der Waals surface area contributed by atoms with Crippen LogP contribution in [0, 0.1) is 23.2 Å². The topological polar surface area (TPSA) is 86.7 Å². The molecular formula is C17H22N2O4. The maximum Gasteiger partial charge on any atom is 0.325 e. The van der Waals surface area contributed by atoms with Gasteiger partial charge in [-0.3, -0.25) is 14.5 Å². The van der Waals surface area contributed by atoms with Crippen LogP contribution < -0.4 is 5.32 Å². The number of aliphatic carboxylic acids is 1. The van der Waals surface area contributed by atoms with E-state index >= 15 is 0 Å². The smallest absolute Gasteiger partial charge is 0.325 e. The highest BCUT2D eigenvalue weighted by Gasteiger charge is 2.87. The highest BCUT2D eigenvalue weighted by Crippen LogP contribution is 2.75. The summed E-state index contributed by atoms with van der Waals surface area (Å²) in [5.74, 6) is 0.854. The van der Waals surface area contributed by atoms with Crippen molar-refractivity contribution in [3.63, 3.8) is 0 Å². The monoisotopic (exact) mass is 318 g/mol. The van der Waals surface area contributed by atoms with Gasteiger partial charge in [-0.25, -0.2) is 4.79 Å². The average molecular weight is 318 g/mol. The molecule has 1 saturated carbocycles. The molecule has 6 nitrogen and oxygen atoms in total. The molecule has 0 bridgehead atoms. The first-order valence-electron chi connectivity index (χ1n) is 7.46. The molecule has 2 fully saturated rings. The molecule has 6 heteroatoms. The second-order valence-electron chi connectivity index (χ2n) is 7.13. The predicted molar refractivity (Wildman–Crippen MR) is 84.3 cm³/mol. The quantitative estimate of drug-likeness (QED) is 0.470. The molecule has 2 N–H and O–H groups in total. The zero-order chi connectivity index (χ0) is 17.8. The lowest BCUT2D eigenvalue weighted by atomic mass is 9.98. The molecule has 1 heterocycles. The summed E-state index contributed by atoms with van der Waals surface area (Å²) in [5.41, 5.74) is -2.45. The number of terminal acetylenes is 1. The van der Waals surface area contributed by atoms with Crippen LogP contribution in [0.4, 0.5) is 4.79 Å². The number of amides is 3. The molecule has 0 radical (unpaired) electrons. The van der Waals surface area contributed by atoms with Crippen molar-refractivity contribution in [2.75, 3.05) is 0 Å². The van der Waals surface area contributed by atoms with Crippen molar-refractivity contribution >= 4 is 17.9 Å². The Hall–Kier alpha value is -2.29. The normalized spacial score (nSPS) is 34.6.